The molecule has 0 bridgehead atoms. The summed E-state index contributed by atoms with van der Waals surface area (Å²) in [5.74, 6) is 0. The zero-order valence-electron chi connectivity index (χ0n) is 8.83. The Morgan fingerprint density at radius 1 is 1.27 bits per heavy atom. The standard InChI is InChI=1S/C12H12S2Si/c1-4-8-7-10-12(14-8)11-9(5-6-13-11)15(10,2)3/h4-7H,1H2,2-3H3. The molecule has 0 amide bonds. The van der Waals surface area contributed by atoms with Crippen molar-refractivity contribution < 1.29 is 0 Å². The molecule has 0 aliphatic carbocycles. The summed E-state index contributed by atoms with van der Waals surface area (Å²) < 4.78 is 0. The van der Waals surface area contributed by atoms with E-state index in [9.17, 15) is 0 Å². The van der Waals surface area contributed by atoms with Crippen LogP contribution in [0, 0.1) is 0 Å². The topological polar surface area (TPSA) is 0 Å². The monoisotopic (exact) mass is 248 g/mol. The summed E-state index contributed by atoms with van der Waals surface area (Å²) in [4.78, 5) is 4.37. The number of hydrogen-bond acceptors (Lipinski definition) is 2. The number of fused-ring (bicyclic) bond motifs is 3. The van der Waals surface area contributed by atoms with Gasteiger partial charge in [-0.05, 0) is 21.8 Å². The van der Waals surface area contributed by atoms with Crippen LogP contribution in [0.2, 0.25) is 13.1 Å². The average Bonchev–Trinajstić information content (AvgIpc) is 2.86. The summed E-state index contributed by atoms with van der Waals surface area (Å²) in [5.41, 5.74) is 0. The predicted octanol–water partition coefficient (Wildman–Crippen LogP) is 3.26. The van der Waals surface area contributed by atoms with E-state index in [2.05, 4.69) is 37.2 Å². The summed E-state index contributed by atoms with van der Waals surface area (Å²) in [5, 5.41) is 5.48. The summed E-state index contributed by atoms with van der Waals surface area (Å²) >= 11 is 3.79. The van der Waals surface area contributed by atoms with Crippen molar-refractivity contribution in [3.8, 4) is 9.75 Å². The average molecular weight is 248 g/mol. The van der Waals surface area contributed by atoms with Gasteiger partial charge in [0.05, 0.1) is 0 Å². The molecule has 0 saturated carbocycles. The van der Waals surface area contributed by atoms with Crippen molar-refractivity contribution in [1.29, 1.82) is 0 Å². The smallest absolute Gasteiger partial charge is 0.116 e. The molecule has 3 heterocycles. The molecule has 1 aliphatic rings. The fourth-order valence-corrected chi connectivity index (χ4v) is 9.11. The van der Waals surface area contributed by atoms with E-state index in [4.69, 9.17) is 0 Å². The van der Waals surface area contributed by atoms with Crippen molar-refractivity contribution in [2.45, 2.75) is 13.1 Å². The molecule has 2 aromatic rings. The lowest BCUT2D eigenvalue weighted by molar-refractivity contribution is 1.85. The first-order chi connectivity index (χ1) is 7.14. The Labute approximate surface area is 98.9 Å². The number of hydrogen-bond donors (Lipinski definition) is 0. The third kappa shape index (κ3) is 1.11. The Balaban J connectivity index is 2.35. The van der Waals surface area contributed by atoms with Crippen LogP contribution in [-0.4, -0.2) is 8.07 Å². The number of rotatable bonds is 1. The van der Waals surface area contributed by atoms with Gasteiger partial charge >= 0.3 is 0 Å². The van der Waals surface area contributed by atoms with Crippen LogP contribution < -0.4 is 10.4 Å². The van der Waals surface area contributed by atoms with Crippen LogP contribution in [0.1, 0.15) is 4.88 Å². The highest BCUT2D eigenvalue weighted by atomic mass is 32.1. The second-order valence-corrected chi connectivity index (χ2v) is 10.7. The SMILES string of the molecule is C=Cc1cc2c(s1)-c1sccc1[Si]2(C)C. The molecule has 0 nitrogen and oxygen atoms in total. The van der Waals surface area contributed by atoms with Crippen molar-refractivity contribution >= 4 is 47.2 Å². The molecule has 0 aromatic carbocycles. The maximum absolute atomic E-state index is 3.86. The Hall–Kier alpha value is -0.643. The van der Waals surface area contributed by atoms with Gasteiger partial charge in [0.1, 0.15) is 8.07 Å². The molecule has 1 aliphatic heterocycles. The Morgan fingerprint density at radius 3 is 2.80 bits per heavy atom. The largest absolute Gasteiger partial charge is 0.143 e. The van der Waals surface area contributed by atoms with Gasteiger partial charge in [0, 0.05) is 14.6 Å². The summed E-state index contributed by atoms with van der Waals surface area (Å²) in [7, 11) is -1.35. The van der Waals surface area contributed by atoms with E-state index in [1.54, 1.807) is 10.4 Å². The van der Waals surface area contributed by atoms with Crippen molar-refractivity contribution in [1.82, 2.24) is 0 Å². The lowest BCUT2D eigenvalue weighted by Gasteiger charge is -2.15. The third-order valence-corrected chi connectivity index (χ3v) is 9.25. The molecule has 76 valence electrons. The Bertz CT molecular complexity index is 546. The highest BCUT2D eigenvalue weighted by Crippen LogP contribution is 2.37. The molecule has 0 unspecified atom stereocenters. The van der Waals surface area contributed by atoms with E-state index in [0.29, 0.717) is 0 Å². The lowest BCUT2D eigenvalue weighted by Crippen LogP contribution is -2.48. The van der Waals surface area contributed by atoms with Gasteiger partial charge in [-0.3, -0.25) is 0 Å². The number of thiophene rings is 2. The van der Waals surface area contributed by atoms with Crippen LogP contribution in [-0.2, 0) is 0 Å². The van der Waals surface area contributed by atoms with Gasteiger partial charge in [0.2, 0.25) is 0 Å². The molecule has 2 aromatic heterocycles. The van der Waals surface area contributed by atoms with Crippen molar-refractivity contribution in [3.63, 3.8) is 0 Å². The lowest BCUT2D eigenvalue weighted by atomic mass is 10.4. The Morgan fingerprint density at radius 2 is 2.07 bits per heavy atom. The first kappa shape index (κ1) is 9.57. The molecule has 0 fully saturated rings. The van der Waals surface area contributed by atoms with Crippen molar-refractivity contribution in [2.24, 2.45) is 0 Å². The first-order valence-corrected chi connectivity index (χ1v) is 9.69. The molecule has 0 spiro atoms. The Kier molecular flexibility index (Phi) is 1.87. The maximum atomic E-state index is 3.86. The molecule has 3 rings (SSSR count). The molecule has 0 saturated heterocycles. The zero-order valence-corrected chi connectivity index (χ0v) is 11.5. The van der Waals surface area contributed by atoms with Crippen molar-refractivity contribution in [3.05, 3.63) is 29.0 Å². The summed E-state index contributed by atoms with van der Waals surface area (Å²) in [6.07, 6.45) is 1.97. The highest BCUT2D eigenvalue weighted by Gasteiger charge is 2.39. The molecule has 3 heteroatoms. The van der Waals surface area contributed by atoms with Gasteiger partial charge in [0.25, 0.3) is 0 Å². The first-order valence-electron chi connectivity index (χ1n) is 4.99. The van der Waals surface area contributed by atoms with Gasteiger partial charge in [-0.25, -0.2) is 0 Å². The van der Waals surface area contributed by atoms with Crippen LogP contribution in [0.5, 0.6) is 0 Å². The third-order valence-electron chi connectivity index (χ3n) is 3.17. The van der Waals surface area contributed by atoms with E-state index in [0.717, 1.165) is 0 Å². The summed E-state index contributed by atoms with van der Waals surface area (Å²) in [6.45, 7) is 8.76. The van der Waals surface area contributed by atoms with Gasteiger partial charge in [0.15, 0.2) is 0 Å². The van der Waals surface area contributed by atoms with Crippen LogP contribution in [0.25, 0.3) is 15.8 Å². The molecule has 15 heavy (non-hydrogen) atoms. The minimum atomic E-state index is -1.35. The van der Waals surface area contributed by atoms with Gasteiger partial charge in [-0.2, -0.15) is 0 Å². The minimum absolute atomic E-state index is 1.32. The van der Waals surface area contributed by atoms with Crippen LogP contribution in [0.3, 0.4) is 0 Å². The minimum Gasteiger partial charge on any atom is -0.143 e. The van der Waals surface area contributed by atoms with Crippen LogP contribution in [0.4, 0.5) is 0 Å². The van der Waals surface area contributed by atoms with Gasteiger partial charge in [-0.15, -0.1) is 22.7 Å². The normalized spacial score (nSPS) is 16.1. The molecule has 0 N–H and O–H groups in total. The molecule has 0 atom stereocenters. The van der Waals surface area contributed by atoms with E-state index in [1.165, 1.54) is 14.6 Å². The molecule has 0 radical (unpaired) electrons. The molecular weight excluding hydrogens is 236 g/mol. The zero-order chi connectivity index (χ0) is 10.6. The van der Waals surface area contributed by atoms with E-state index in [-0.39, 0.29) is 0 Å². The summed E-state index contributed by atoms with van der Waals surface area (Å²) in [6, 6.07) is 4.68. The highest BCUT2D eigenvalue weighted by molar-refractivity contribution is 7.28. The quantitative estimate of drug-likeness (QED) is 0.680. The van der Waals surface area contributed by atoms with E-state index in [1.807, 2.05) is 28.7 Å². The van der Waals surface area contributed by atoms with Crippen LogP contribution >= 0.6 is 22.7 Å². The fourth-order valence-electron chi connectivity index (χ4n) is 2.27. The van der Waals surface area contributed by atoms with Gasteiger partial charge < -0.3 is 0 Å². The molecular formula is C12H12S2Si. The van der Waals surface area contributed by atoms with Crippen molar-refractivity contribution in [2.75, 3.05) is 0 Å². The maximum Gasteiger partial charge on any atom is 0.116 e. The second kappa shape index (κ2) is 2.94. The fraction of sp³-hybridized carbons (Fsp3) is 0.167. The van der Waals surface area contributed by atoms with Gasteiger partial charge in [-0.1, -0.05) is 31.8 Å². The second-order valence-electron chi connectivity index (χ2n) is 4.38. The predicted molar refractivity (Wildman–Crippen MR) is 74.5 cm³/mol. The van der Waals surface area contributed by atoms with E-state index < -0.39 is 8.07 Å². The van der Waals surface area contributed by atoms with Crippen LogP contribution in [0.15, 0.2) is 24.1 Å². The van der Waals surface area contributed by atoms with E-state index >= 15 is 0 Å².